The van der Waals surface area contributed by atoms with E-state index in [9.17, 15) is 0 Å². The molecule has 110 valence electrons. The normalized spacial score (nSPS) is 15.6. The highest BCUT2D eigenvalue weighted by Gasteiger charge is 2.20. The van der Waals surface area contributed by atoms with Gasteiger partial charge >= 0.3 is 0 Å². The van der Waals surface area contributed by atoms with Crippen molar-refractivity contribution in [3.8, 4) is 0 Å². The maximum absolute atomic E-state index is 3.44. The number of nitrogens with zero attached hydrogens (tertiary/aromatic N) is 2. The van der Waals surface area contributed by atoms with Gasteiger partial charge < -0.3 is 4.90 Å². The van der Waals surface area contributed by atoms with E-state index in [1.54, 1.807) is 0 Å². The molecule has 3 nitrogen and oxygen atoms in total. The van der Waals surface area contributed by atoms with Gasteiger partial charge in [0.05, 0.1) is 12.4 Å². The van der Waals surface area contributed by atoms with Gasteiger partial charge in [0.2, 0.25) is 0 Å². The number of para-hydroxylation sites is 1. The molecule has 1 heterocycles. The first-order valence-corrected chi connectivity index (χ1v) is 7.46. The van der Waals surface area contributed by atoms with Crippen molar-refractivity contribution >= 4 is 11.4 Å². The van der Waals surface area contributed by atoms with Gasteiger partial charge in [-0.1, -0.05) is 51.1 Å². The summed E-state index contributed by atoms with van der Waals surface area (Å²) in [5.74, 6) is 0. The van der Waals surface area contributed by atoms with Gasteiger partial charge in [-0.05, 0) is 35.2 Å². The van der Waals surface area contributed by atoms with Crippen LogP contribution in [0.5, 0.6) is 0 Å². The average molecular weight is 281 g/mol. The molecule has 0 aromatic heterocycles. The van der Waals surface area contributed by atoms with Gasteiger partial charge in [-0.15, -0.1) is 0 Å². The first kappa shape index (κ1) is 14.0. The smallest absolute Gasteiger partial charge is 0.107 e. The molecule has 0 aliphatic carbocycles. The van der Waals surface area contributed by atoms with E-state index in [1.807, 2.05) is 0 Å². The van der Waals surface area contributed by atoms with Crippen LogP contribution in [-0.4, -0.2) is 13.3 Å². The van der Waals surface area contributed by atoms with Gasteiger partial charge in [0.15, 0.2) is 0 Å². The molecule has 0 atom stereocenters. The van der Waals surface area contributed by atoms with Crippen molar-refractivity contribution < 1.29 is 0 Å². The van der Waals surface area contributed by atoms with Crippen LogP contribution in [-0.2, 0) is 5.41 Å². The first-order valence-electron chi connectivity index (χ1n) is 7.46. The number of rotatable bonds is 2. The van der Waals surface area contributed by atoms with Crippen molar-refractivity contribution in [2.24, 2.45) is 0 Å². The minimum atomic E-state index is 0.201. The predicted octanol–water partition coefficient (Wildman–Crippen LogP) is 3.73. The molecule has 0 amide bonds. The van der Waals surface area contributed by atoms with Crippen molar-refractivity contribution in [3.63, 3.8) is 0 Å². The summed E-state index contributed by atoms with van der Waals surface area (Å²) >= 11 is 0. The van der Waals surface area contributed by atoms with E-state index < -0.39 is 0 Å². The Kier molecular flexibility index (Phi) is 3.60. The summed E-state index contributed by atoms with van der Waals surface area (Å²) in [6.07, 6.45) is 0. The topological polar surface area (TPSA) is 18.5 Å². The Morgan fingerprint density at radius 2 is 1.52 bits per heavy atom. The maximum atomic E-state index is 3.44. The zero-order chi connectivity index (χ0) is 14.9. The third-order valence-corrected chi connectivity index (χ3v) is 3.93. The van der Waals surface area contributed by atoms with Crippen molar-refractivity contribution in [2.75, 3.05) is 23.2 Å². The molecule has 2 aromatic carbocycles. The lowest BCUT2D eigenvalue weighted by Gasteiger charge is -2.22. The fourth-order valence-electron chi connectivity index (χ4n) is 2.57. The van der Waals surface area contributed by atoms with Crippen LogP contribution in [0.25, 0.3) is 0 Å². The highest BCUT2D eigenvalue weighted by Crippen LogP contribution is 2.26. The Hall–Kier alpha value is -2.00. The lowest BCUT2D eigenvalue weighted by Crippen LogP contribution is -2.30. The summed E-state index contributed by atoms with van der Waals surface area (Å²) < 4.78 is 0. The fraction of sp³-hybridized carbons (Fsp3) is 0.333. The molecule has 0 unspecified atom stereocenters. The quantitative estimate of drug-likeness (QED) is 0.905. The number of hydrogen-bond acceptors (Lipinski definition) is 3. The van der Waals surface area contributed by atoms with Gasteiger partial charge in [-0.2, -0.15) is 0 Å². The zero-order valence-corrected chi connectivity index (χ0v) is 13.0. The number of benzene rings is 2. The second-order valence-corrected chi connectivity index (χ2v) is 6.56. The summed E-state index contributed by atoms with van der Waals surface area (Å²) in [6.45, 7) is 8.43. The summed E-state index contributed by atoms with van der Waals surface area (Å²) in [7, 11) is 0. The Morgan fingerprint density at radius 3 is 2.14 bits per heavy atom. The molecule has 1 fully saturated rings. The molecular formula is C18H23N3. The SMILES string of the molecule is CC(C)(C)c1ccc(N2CN(c3ccccc3)CN2)cc1. The minimum Gasteiger partial charge on any atom is -0.338 e. The Balaban J connectivity index is 1.72. The fourth-order valence-corrected chi connectivity index (χ4v) is 2.57. The van der Waals surface area contributed by atoms with Crippen molar-refractivity contribution in [2.45, 2.75) is 26.2 Å². The van der Waals surface area contributed by atoms with E-state index in [0.29, 0.717) is 0 Å². The van der Waals surface area contributed by atoms with E-state index in [2.05, 4.69) is 90.7 Å². The van der Waals surface area contributed by atoms with Crippen LogP contribution in [0.3, 0.4) is 0 Å². The van der Waals surface area contributed by atoms with Gasteiger partial charge in [-0.25, -0.2) is 5.43 Å². The van der Waals surface area contributed by atoms with Crippen molar-refractivity contribution in [1.82, 2.24) is 5.43 Å². The highest BCUT2D eigenvalue weighted by atomic mass is 15.6. The second-order valence-electron chi connectivity index (χ2n) is 6.56. The van der Waals surface area contributed by atoms with Crippen LogP contribution in [0, 0.1) is 0 Å². The highest BCUT2D eigenvalue weighted by molar-refractivity contribution is 5.53. The molecule has 2 aromatic rings. The number of anilines is 2. The summed E-state index contributed by atoms with van der Waals surface area (Å²) in [5, 5.41) is 2.19. The largest absolute Gasteiger partial charge is 0.338 e. The maximum Gasteiger partial charge on any atom is 0.107 e. The van der Waals surface area contributed by atoms with E-state index in [0.717, 1.165) is 13.3 Å². The van der Waals surface area contributed by atoms with E-state index in [1.165, 1.54) is 16.9 Å². The van der Waals surface area contributed by atoms with Gasteiger partial charge in [0.1, 0.15) is 6.67 Å². The van der Waals surface area contributed by atoms with Crippen LogP contribution < -0.4 is 15.3 Å². The van der Waals surface area contributed by atoms with Crippen LogP contribution in [0.2, 0.25) is 0 Å². The molecule has 1 N–H and O–H groups in total. The van der Waals surface area contributed by atoms with Crippen LogP contribution >= 0.6 is 0 Å². The molecule has 0 radical (unpaired) electrons. The predicted molar refractivity (Wildman–Crippen MR) is 89.4 cm³/mol. The third-order valence-electron chi connectivity index (χ3n) is 3.93. The molecule has 1 saturated heterocycles. The van der Waals surface area contributed by atoms with Crippen molar-refractivity contribution in [1.29, 1.82) is 0 Å². The Bertz CT molecular complexity index is 584. The van der Waals surface area contributed by atoms with Crippen molar-refractivity contribution in [3.05, 3.63) is 60.2 Å². The molecule has 21 heavy (non-hydrogen) atoms. The van der Waals surface area contributed by atoms with E-state index >= 15 is 0 Å². The first-order chi connectivity index (χ1) is 10.0. The Labute approximate surface area is 127 Å². The van der Waals surface area contributed by atoms with E-state index in [4.69, 9.17) is 0 Å². The number of hydrogen-bond donors (Lipinski definition) is 1. The zero-order valence-electron chi connectivity index (χ0n) is 13.0. The van der Waals surface area contributed by atoms with Crippen LogP contribution in [0.15, 0.2) is 54.6 Å². The molecule has 1 aliphatic heterocycles. The standard InChI is InChI=1S/C18H23N3/c1-18(2,3)15-9-11-17(12-10-15)21-14-20(13-19-21)16-7-5-4-6-8-16/h4-12,19H,13-14H2,1-3H3. The third kappa shape index (κ3) is 3.03. The second kappa shape index (κ2) is 5.41. The molecule has 0 bridgehead atoms. The molecule has 0 saturated carbocycles. The van der Waals surface area contributed by atoms with Gasteiger partial charge in [0.25, 0.3) is 0 Å². The number of hydrazine groups is 1. The molecule has 1 aliphatic rings. The average Bonchev–Trinajstić information content (AvgIpc) is 2.97. The molecular weight excluding hydrogens is 258 g/mol. The Morgan fingerprint density at radius 1 is 0.857 bits per heavy atom. The molecule has 0 spiro atoms. The molecule has 3 heteroatoms. The minimum absolute atomic E-state index is 0.201. The van der Waals surface area contributed by atoms with Gasteiger partial charge in [-0.3, -0.25) is 5.01 Å². The lowest BCUT2D eigenvalue weighted by molar-refractivity contribution is 0.590. The van der Waals surface area contributed by atoms with E-state index in [-0.39, 0.29) is 5.41 Å². The monoisotopic (exact) mass is 281 g/mol. The summed E-state index contributed by atoms with van der Waals surface area (Å²) in [6, 6.07) is 19.3. The lowest BCUT2D eigenvalue weighted by atomic mass is 9.87. The molecule has 3 rings (SSSR count). The van der Waals surface area contributed by atoms with Crippen LogP contribution in [0.4, 0.5) is 11.4 Å². The van der Waals surface area contributed by atoms with Crippen LogP contribution in [0.1, 0.15) is 26.3 Å². The number of nitrogens with one attached hydrogen (secondary N) is 1. The summed E-state index contributed by atoms with van der Waals surface area (Å²) in [4.78, 5) is 2.32. The van der Waals surface area contributed by atoms with Gasteiger partial charge in [0, 0.05) is 5.69 Å². The summed E-state index contributed by atoms with van der Waals surface area (Å²) in [5.41, 5.74) is 7.46.